The van der Waals surface area contributed by atoms with Gasteiger partial charge in [0.25, 0.3) is 5.91 Å². The van der Waals surface area contributed by atoms with Gasteiger partial charge in [0.05, 0.1) is 5.92 Å². The van der Waals surface area contributed by atoms with Gasteiger partial charge in [0.1, 0.15) is 5.69 Å². The van der Waals surface area contributed by atoms with Crippen LogP contribution in [-0.4, -0.2) is 54.4 Å². The first-order chi connectivity index (χ1) is 12.7. The maximum Gasteiger partial charge on any atom is 0.272 e. The van der Waals surface area contributed by atoms with E-state index < -0.39 is 0 Å². The van der Waals surface area contributed by atoms with E-state index in [-0.39, 0.29) is 17.7 Å². The highest BCUT2D eigenvalue weighted by atomic mass is 16.2. The van der Waals surface area contributed by atoms with Crippen molar-refractivity contribution >= 4 is 17.5 Å². The van der Waals surface area contributed by atoms with Crippen molar-refractivity contribution in [2.75, 3.05) is 37.6 Å². The van der Waals surface area contributed by atoms with Gasteiger partial charge in [-0.15, -0.1) is 0 Å². The standard InChI is InChI=1S/C20H28N4O2/c25-19(22-13-15-5-6-15)16-4-3-11-24(14-16)20(26)18-12-17(7-8-21-18)23-9-1-2-10-23/h7-8,12,15-16H,1-6,9-11,13-14H2,(H,22,25)/t16-/m0/s1. The van der Waals surface area contributed by atoms with E-state index in [1.54, 1.807) is 11.1 Å². The minimum absolute atomic E-state index is 0.0502. The average molecular weight is 356 g/mol. The number of anilines is 1. The van der Waals surface area contributed by atoms with E-state index in [1.165, 1.54) is 25.7 Å². The van der Waals surface area contributed by atoms with E-state index in [0.717, 1.165) is 38.2 Å². The van der Waals surface area contributed by atoms with E-state index in [4.69, 9.17) is 0 Å². The number of hydrogen-bond donors (Lipinski definition) is 1. The van der Waals surface area contributed by atoms with Crippen LogP contribution in [0.4, 0.5) is 5.69 Å². The van der Waals surface area contributed by atoms with Crippen molar-refractivity contribution in [3.8, 4) is 0 Å². The minimum atomic E-state index is -0.0896. The summed E-state index contributed by atoms with van der Waals surface area (Å²) in [5.41, 5.74) is 1.57. The van der Waals surface area contributed by atoms with Gasteiger partial charge in [-0.3, -0.25) is 14.6 Å². The van der Waals surface area contributed by atoms with Gasteiger partial charge in [-0.2, -0.15) is 0 Å². The summed E-state index contributed by atoms with van der Waals surface area (Å²) in [5.74, 6) is 0.643. The molecule has 0 bridgehead atoms. The molecule has 2 saturated heterocycles. The highest BCUT2D eigenvalue weighted by Crippen LogP contribution is 2.28. The molecule has 2 amide bonds. The molecule has 3 heterocycles. The van der Waals surface area contributed by atoms with E-state index in [9.17, 15) is 9.59 Å². The Kier molecular flexibility index (Phi) is 5.09. The Bertz CT molecular complexity index is 668. The van der Waals surface area contributed by atoms with Gasteiger partial charge in [0, 0.05) is 44.6 Å². The molecule has 0 aromatic carbocycles. The van der Waals surface area contributed by atoms with Gasteiger partial charge >= 0.3 is 0 Å². The summed E-state index contributed by atoms with van der Waals surface area (Å²) in [5, 5.41) is 3.06. The Morgan fingerprint density at radius 2 is 1.92 bits per heavy atom. The number of pyridine rings is 1. The highest BCUT2D eigenvalue weighted by Gasteiger charge is 2.31. The van der Waals surface area contributed by atoms with Crippen LogP contribution in [0.15, 0.2) is 18.3 Å². The Morgan fingerprint density at radius 1 is 1.12 bits per heavy atom. The van der Waals surface area contributed by atoms with Crippen molar-refractivity contribution in [3.05, 3.63) is 24.0 Å². The van der Waals surface area contributed by atoms with Gasteiger partial charge in [-0.05, 0) is 56.6 Å². The lowest BCUT2D eigenvalue weighted by atomic mass is 9.96. The molecule has 3 fully saturated rings. The monoisotopic (exact) mass is 356 g/mol. The third kappa shape index (κ3) is 4.00. The number of amides is 2. The first kappa shape index (κ1) is 17.3. The smallest absolute Gasteiger partial charge is 0.272 e. The molecule has 0 spiro atoms. The molecule has 1 atom stereocenters. The van der Waals surface area contributed by atoms with E-state index in [2.05, 4.69) is 15.2 Å². The van der Waals surface area contributed by atoms with Gasteiger partial charge in [-0.1, -0.05) is 0 Å². The fraction of sp³-hybridized carbons (Fsp3) is 0.650. The number of piperidine rings is 1. The second kappa shape index (κ2) is 7.64. The first-order valence-corrected chi connectivity index (χ1v) is 9.99. The molecule has 1 aliphatic carbocycles. The lowest BCUT2D eigenvalue weighted by Crippen LogP contribution is -2.46. The zero-order chi connectivity index (χ0) is 17.9. The zero-order valence-electron chi connectivity index (χ0n) is 15.3. The summed E-state index contributed by atoms with van der Waals surface area (Å²) in [4.78, 5) is 33.7. The molecular weight excluding hydrogens is 328 g/mol. The quantitative estimate of drug-likeness (QED) is 0.877. The summed E-state index contributed by atoms with van der Waals surface area (Å²) >= 11 is 0. The van der Waals surface area contributed by atoms with Crippen molar-refractivity contribution in [1.82, 2.24) is 15.2 Å². The average Bonchev–Trinajstić information content (AvgIpc) is 3.36. The van der Waals surface area contributed by atoms with Crippen molar-refractivity contribution in [2.45, 2.75) is 38.5 Å². The van der Waals surface area contributed by atoms with E-state index in [0.29, 0.717) is 24.7 Å². The van der Waals surface area contributed by atoms with Crippen molar-refractivity contribution in [3.63, 3.8) is 0 Å². The van der Waals surface area contributed by atoms with Crippen LogP contribution in [0.2, 0.25) is 0 Å². The molecule has 1 N–H and O–H groups in total. The molecule has 3 aliphatic rings. The highest BCUT2D eigenvalue weighted by molar-refractivity contribution is 5.93. The van der Waals surface area contributed by atoms with Crippen LogP contribution in [0, 0.1) is 11.8 Å². The zero-order valence-corrected chi connectivity index (χ0v) is 15.3. The summed E-state index contributed by atoms with van der Waals surface area (Å²) in [6.07, 6.45) is 8.33. The lowest BCUT2D eigenvalue weighted by molar-refractivity contribution is -0.126. The molecular formula is C20H28N4O2. The lowest BCUT2D eigenvalue weighted by Gasteiger charge is -2.32. The number of carbonyl (C=O) groups excluding carboxylic acids is 2. The summed E-state index contributed by atoms with van der Waals surface area (Å²) in [7, 11) is 0. The predicted molar refractivity (Wildman–Crippen MR) is 100 cm³/mol. The molecule has 6 nitrogen and oxygen atoms in total. The molecule has 2 aliphatic heterocycles. The molecule has 1 saturated carbocycles. The topological polar surface area (TPSA) is 65.5 Å². The summed E-state index contributed by atoms with van der Waals surface area (Å²) in [6.45, 7) is 4.10. The number of likely N-dealkylation sites (tertiary alicyclic amines) is 1. The molecule has 0 radical (unpaired) electrons. The van der Waals surface area contributed by atoms with Gasteiger partial charge < -0.3 is 15.1 Å². The Balaban J connectivity index is 1.38. The van der Waals surface area contributed by atoms with Gasteiger partial charge in [-0.25, -0.2) is 0 Å². The van der Waals surface area contributed by atoms with E-state index in [1.807, 2.05) is 12.1 Å². The van der Waals surface area contributed by atoms with Crippen LogP contribution < -0.4 is 10.2 Å². The van der Waals surface area contributed by atoms with Crippen LogP contribution in [-0.2, 0) is 4.79 Å². The van der Waals surface area contributed by atoms with Crippen molar-refractivity contribution in [1.29, 1.82) is 0 Å². The van der Waals surface area contributed by atoms with Crippen LogP contribution in [0.5, 0.6) is 0 Å². The van der Waals surface area contributed by atoms with Crippen LogP contribution in [0.1, 0.15) is 49.0 Å². The van der Waals surface area contributed by atoms with Crippen LogP contribution >= 0.6 is 0 Å². The second-order valence-corrected chi connectivity index (χ2v) is 7.87. The van der Waals surface area contributed by atoms with Crippen LogP contribution in [0.3, 0.4) is 0 Å². The molecule has 140 valence electrons. The largest absolute Gasteiger partial charge is 0.371 e. The fourth-order valence-electron chi connectivity index (χ4n) is 3.96. The van der Waals surface area contributed by atoms with Crippen molar-refractivity contribution < 1.29 is 9.59 Å². The second-order valence-electron chi connectivity index (χ2n) is 7.87. The number of nitrogens with zero attached hydrogens (tertiary/aromatic N) is 3. The molecule has 4 rings (SSSR count). The molecule has 1 aromatic rings. The molecule has 6 heteroatoms. The third-order valence-corrected chi connectivity index (χ3v) is 5.78. The molecule has 26 heavy (non-hydrogen) atoms. The maximum absolute atomic E-state index is 12.9. The normalized spacial score (nSPS) is 23.2. The van der Waals surface area contributed by atoms with Gasteiger partial charge in [0.2, 0.25) is 5.91 Å². The SMILES string of the molecule is O=C(NCC1CC1)[C@H]1CCCN(C(=O)c2cc(N3CCCC3)ccn2)C1. The summed E-state index contributed by atoms with van der Waals surface area (Å²) < 4.78 is 0. The number of rotatable bonds is 5. The number of nitrogens with one attached hydrogen (secondary N) is 1. The summed E-state index contributed by atoms with van der Waals surface area (Å²) in [6, 6.07) is 3.89. The predicted octanol–water partition coefficient (Wildman–Crippen LogP) is 2.06. The molecule has 1 aromatic heterocycles. The Morgan fingerprint density at radius 3 is 2.69 bits per heavy atom. The Hall–Kier alpha value is -2.11. The maximum atomic E-state index is 12.9. The number of carbonyl (C=O) groups is 2. The first-order valence-electron chi connectivity index (χ1n) is 9.99. The molecule has 0 unspecified atom stereocenters. The fourth-order valence-corrected chi connectivity index (χ4v) is 3.96. The van der Waals surface area contributed by atoms with Crippen molar-refractivity contribution in [2.24, 2.45) is 11.8 Å². The van der Waals surface area contributed by atoms with E-state index >= 15 is 0 Å². The van der Waals surface area contributed by atoms with Gasteiger partial charge in [0.15, 0.2) is 0 Å². The Labute approximate surface area is 155 Å². The third-order valence-electron chi connectivity index (χ3n) is 5.78. The number of aromatic nitrogens is 1. The number of hydrogen-bond acceptors (Lipinski definition) is 4. The van der Waals surface area contributed by atoms with Crippen LogP contribution in [0.25, 0.3) is 0 Å². The minimum Gasteiger partial charge on any atom is -0.371 e.